The van der Waals surface area contributed by atoms with E-state index in [2.05, 4.69) is 5.32 Å². The van der Waals surface area contributed by atoms with E-state index in [9.17, 15) is 14.4 Å². The van der Waals surface area contributed by atoms with Crippen molar-refractivity contribution in [2.45, 2.75) is 58.6 Å². The lowest BCUT2D eigenvalue weighted by atomic mass is 9.77. The molecule has 1 aliphatic heterocycles. The molecule has 0 aromatic heterocycles. The molecular formula is C15H25N2O4. The maximum atomic E-state index is 12.1. The first kappa shape index (κ1) is 17.6. The van der Waals surface area contributed by atoms with Crippen molar-refractivity contribution in [2.75, 3.05) is 6.61 Å². The van der Waals surface area contributed by atoms with Gasteiger partial charge >= 0.3 is 0 Å². The van der Waals surface area contributed by atoms with Crippen LogP contribution in [0.15, 0.2) is 0 Å². The molecule has 6 nitrogen and oxygen atoms in total. The summed E-state index contributed by atoms with van der Waals surface area (Å²) in [5.41, 5.74) is 3.73. The van der Waals surface area contributed by atoms with E-state index in [0.29, 0.717) is 12.8 Å². The highest BCUT2D eigenvalue weighted by molar-refractivity contribution is 5.97. The minimum absolute atomic E-state index is 0.00703. The van der Waals surface area contributed by atoms with Crippen LogP contribution in [-0.4, -0.2) is 35.8 Å². The molecule has 1 aliphatic rings. The predicted octanol–water partition coefficient (Wildman–Crippen LogP) is 0.735. The molecule has 1 rings (SSSR count). The van der Waals surface area contributed by atoms with Crippen LogP contribution in [0.2, 0.25) is 0 Å². The quantitative estimate of drug-likeness (QED) is 0.724. The molecule has 0 bridgehead atoms. The van der Waals surface area contributed by atoms with Crippen LogP contribution in [0.3, 0.4) is 0 Å². The maximum absolute atomic E-state index is 12.1. The lowest BCUT2D eigenvalue weighted by molar-refractivity contribution is -0.130. The van der Waals surface area contributed by atoms with E-state index in [0.717, 1.165) is 0 Å². The summed E-state index contributed by atoms with van der Waals surface area (Å²) in [7, 11) is 0. The van der Waals surface area contributed by atoms with E-state index >= 15 is 0 Å². The summed E-state index contributed by atoms with van der Waals surface area (Å²) >= 11 is 0. The van der Waals surface area contributed by atoms with Crippen LogP contribution in [0, 0.1) is 11.8 Å². The fraction of sp³-hybridized carbons (Fsp3) is 0.733. The zero-order chi connectivity index (χ0) is 16.3. The SMILES string of the molecule is CCC(CC)(C[CH]C(=O)NC1(C)C(=O)COC1C)C(N)=O. The maximum Gasteiger partial charge on any atom is 0.224 e. The summed E-state index contributed by atoms with van der Waals surface area (Å²) in [5, 5.41) is 2.69. The Labute approximate surface area is 125 Å². The fourth-order valence-electron chi connectivity index (χ4n) is 2.50. The molecule has 1 fully saturated rings. The summed E-state index contributed by atoms with van der Waals surface area (Å²) in [6, 6.07) is 0. The third-order valence-corrected chi connectivity index (χ3v) is 4.79. The second-order valence-electron chi connectivity index (χ2n) is 5.83. The monoisotopic (exact) mass is 297 g/mol. The molecule has 0 spiro atoms. The van der Waals surface area contributed by atoms with Gasteiger partial charge < -0.3 is 15.8 Å². The van der Waals surface area contributed by atoms with E-state index in [1.807, 2.05) is 13.8 Å². The second-order valence-corrected chi connectivity index (χ2v) is 5.83. The van der Waals surface area contributed by atoms with Gasteiger partial charge in [0.1, 0.15) is 12.1 Å². The van der Waals surface area contributed by atoms with Gasteiger partial charge in [-0.3, -0.25) is 14.4 Å². The Balaban J connectivity index is 2.66. The van der Waals surface area contributed by atoms with Gasteiger partial charge in [-0.15, -0.1) is 0 Å². The van der Waals surface area contributed by atoms with Crippen LogP contribution in [0.4, 0.5) is 0 Å². The fourth-order valence-corrected chi connectivity index (χ4v) is 2.50. The molecular weight excluding hydrogens is 272 g/mol. The third-order valence-electron chi connectivity index (χ3n) is 4.79. The van der Waals surface area contributed by atoms with Crippen LogP contribution < -0.4 is 11.1 Å². The third kappa shape index (κ3) is 3.43. The smallest absolute Gasteiger partial charge is 0.224 e. The predicted molar refractivity (Wildman–Crippen MR) is 78.1 cm³/mol. The summed E-state index contributed by atoms with van der Waals surface area (Å²) in [6.07, 6.45) is 2.43. The summed E-state index contributed by atoms with van der Waals surface area (Å²) in [5.74, 6) is -0.934. The van der Waals surface area contributed by atoms with Gasteiger partial charge in [-0.1, -0.05) is 13.8 Å². The minimum Gasteiger partial charge on any atom is -0.369 e. The lowest BCUT2D eigenvalue weighted by Gasteiger charge is -2.30. The number of carbonyl (C=O) groups excluding carboxylic acids is 3. The number of carbonyl (C=O) groups is 3. The molecule has 21 heavy (non-hydrogen) atoms. The summed E-state index contributed by atoms with van der Waals surface area (Å²) in [6.45, 7) is 7.15. The number of primary amides is 1. The molecule has 2 amide bonds. The van der Waals surface area contributed by atoms with Crippen molar-refractivity contribution in [3.8, 4) is 0 Å². The first-order valence-corrected chi connectivity index (χ1v) is 7.32. The van der Waals surface area contributed by atoms with Gasteiger partial charge in [-0.25, -0.2) is 0 Å². The highest BCUT2D eigenvalue weighted by Crippen LogP contribution is 2.31. The van der Waals surface area contributed by atoms with Crippen molar-refractivity contribution in [2.24, 2.45) is 11.1 Å². The number of rotatable bonds is 7. The Morgan fingerprint density at radius 3 is 2.43 bits per heavy atom. The molecule has 1 heterocycles. The number of amides is 2. The molecule has 0 saturated carbocycles. The van der Waals surface area contributed by atoms with Gasteiger partial charge in [0.15, 0.2) is 5.78 Å². The molecule has 2 unspecified atom stereocenters. The van der Waals surface area contributed by atoms with Gasteiger partial charge in [-0.2, -0.15) is 0 Å². The Hall–Kier alpha value is -1.43. The standard InChI is InChI=1S/C15H25N2O4/c1-5-15(6-2,13(16)20)8-7-12(19)17-14(4)10(3)21-9-11(14)18/h7,10H,5-6,8-9H2,1-4H3,(H2,16,20)(H,17,19). The van der Waals surface area contributed by atoms with Crippen LogP contribution in [0.5, 0.6) is 0 Å². The molecule has 6 heteroatoms. The molecule has 0 aromatic carbocycles. The van der Waals surface area contributed by atoms with E-state index in [-0.39, 0.29) is 30.8 Å². The van der Waals surface area contributed by atoms with Crippen LogP contribution >= 0.6 is 0 Å². The molecule has 0 aliphatic carbocycles. The van der Waals surface area contributed by atoms with Crippen molar-refractivity contribution in [3.05, 3.63) is 6.42 Å². The van der Waals surface area contributed by atoms with E-state index in [1.165, 1.54) is 6.42 Å². The molecule has 1 saturated heterocycles. The Morgan fingerprint density at radius 1 is 1.48 bits per heavy atom. The number of hydrogen-bond acceptors (Lipinski definition) is 4. The van der Waals surface area contributed by atoms with Crippen molar-refractivity contribution < 1.29 is 19.1 Å². The lowest BCUT2D eigenvalue weighted by Crippen LogP contribution is -2.55. The number of Topliss-reactive ketones (excluding diaryl/α,β-unsaturated/α-hetero) is 1. The van der Waals surface area contributed by atoms with Crippen molar-refractivity contribution >= 4 is 17.6 Å². The Bertz CT molecular complexity index is 431. The van der Waals surface area contributed by atoms with E-state index < -0.39 is 16.9 Å². The van der Waals surface area contributed by atoms with Crippen molar-refractivity contribution in [1.29, 1.82) is 0 Å². The van der Waals surface area contributed by atoms with E-state index in [1.54, 1.807) is 13.8 Å². The number of ketones is 1. The van der Waals surface area contributed by atoms with Gasteiger partial charge in [0.05, 0.1) is 12.5 Å². The second kappa shape index (κ2) is 6.56. The Kier molecular flexibility index (Phi) is 5.50. The normalized spacial score (nSPS) is 25.9. The number of nitrogens with one attached hydrogen (secondary N) is 1. The average Bonchev–Trinajstić information content (AvgIpc) is 2.68. The minimum atomic E-state index is -1.01. The zero-order valence-electron chi connectivity index (χ0n) is 13.2. The van der Waals surface area contributed by atoms with Crippen LogP contribution in [0.1, 0.15) is 47.0 Å². The van der Waals surface area contributed by atoms with Crippen LogP contribution in [-0.2, 0) is 19.1 Å². The van der Waals surface area contributed by atoms with Gasteiger partial charge in [0.2, 0.25) is 11.8 Å². The van der Waals surface area contributed by atoms with Gasteiger partial charge in [0, 0.05) is 5.41 Å². The van der Waals surface area contributed by atoms with E-state index in [4.69, 9.17) is 10.5 Å². The topological polar surface area (TPSA) is 98.5 Å². The highest BCUT2D eigenvalue weighted by Gasteiger charge is 2.46. The van der Waals surface area contributed by atoms with Gasteiger partial charge in [0.25, 0.3) is 0 Å². The number of nitrogens with two attached hydrogens (primary N) is 1. The molecule has 0 aromatic rings. The van der Waals surface area contributed by atoms with Gasteiger partial charge in [-0.05, 0) is 33.1 Å². The molecule has 3 N–H and O–H groups in total. The molecule has 1 radical (unpaired) electrons. The zero-order valence-corrected chi connectivity index (χ0v) is 13.2. The average molecular weight is 297 g/mol. The van der Waals surface area contributed by atoms with Crippen molar-refractivity contribution in [1.82, 2.24) is 5.32 Å². The largest absolute Gasteiger partial charge is 0.369 e. The number of hydrogen-bond donors (Lipinski definition) is 2. The molecule has 2 atom stereocenters. The molecule has 119 valence electrons. The highest BCUT2D eigenvalue weighted by atomic mass is 16.5. The summed E-state index contributed by atoms with van der Waals surface area (Å²) < 4.78 is 5.26. The van der Waals surface area contributed by atoms with Crippen molar-refractivity contribution in [3.63, 3.8) is 0 Å². The van der Waals surface area contributed by atoms with Crippen LogP contribution in [0.25, 0.3) is 0 Å². The first-order valence-electron chi connectivity index (χ1n) is 7.32. The number of ether oxygens (including phenoxy) is 1. The summed E-state index contributed by atoms with van der Waals surface area (Å²) in [4.78, 5) is 35.5. The first-order chi connectivity index (χ1) is 9.71. The Morgan fingerprint density at radius 2 is 2.05 bits per heavy atom.